The molecule has 0 saturated heterocycles. The SMILES string of the molecule is COC(=O)C[C@H](NC(=O)NC(C(=O)OC)C(C)C)C(=O)O. The summed E-state index contributed by atoms with van der Waals surface area (Å²) in [7, 11) is 2.28. The van der Waals surface area contributed by atoms with Gasteiger partial charge in [0.05, 0.1) is 20.6 Å². The van der Waals surface area contributed by atoms with Gasteiger partial charge in [0.2, 0.25) is 0 Å². The smallest absolute Gasteiger partial charge is 0.328 e. The molecule has 2 atom stereocenters. The van der Waals surface area contributed by atoms with Crippen molar-refractivity contribution >= 4 is 23.9 Å². The Kier molecular flexibility index (Phi) is 7.80. The Bertz CT molecular complexity index is 408. The first-order valence-electron chi connectivity index (χ1n) is 6.17. The van der Waals surface area contributed by atoms with Crippen LogP contribution in [0.1, 0.15) is 20.3 Å². The van der Waals surface area contributed by atoms with Gasteiger partial charge < -0.3 is 25.2 Å². The lowest BCUT2D eigenvalue weighted by molar-refractivity contribution is -0.147. The zero-order chi connectivity index (χ0) is 16.6. The van der Waals surface area contributed by atoms with E-state index in [-0.39, 0.29) is 5.92 Å². The third kappa shape index (κ3) is 6.59. The van der Waals surface area contributed by atoms with Crippen LogP contribution < -0.4 is 10.6 Å². The van der Waals surface area contributed by atoms with Crippen LogP contribution in [0, 0.1) is 5.92 Å². The number of hydrogen-bond donors (Lipinski definition) is 3. The summed E-state index contributed by atoms with van der Waals surface area (Å²) < 4.78 is 8.88. The fourth-order valence-corrected chi connectivity index (χ4v) is 1.42. The van der Waals surface area contributed by atoms with Crippen molar-refractivity contribution in [2.45, 2.75) is 32.4 Å². The van der Waals surface area contributed by atoms with Crippen LogP contribution in [0.5, 0.6) is 0 Å². The van der Waals surface area contributed by atoms with Gasteiger partial charge in [-0.25, -0.2) is 14.4 Å². The molecular formula is C12H20N2O7. The van der Waals surface area contributed by atoms with Gasteiger partial charge in [-0.2, -0.15) is 0 Å². The van der Waals surface area contributed by atoms with E-state index in [9.17, 15) is 19.2 Å². The molecule has 3 N–H and O–H groups in total. The minimum absolute atomic E-state index is 0.257. The summed E-state index contributed by atoms with van der Waals surface area (Å²) in [5, 5.41) is 13.3. The van der Waals surface area contributed by atoms with Gasteiger partial charge in [0.1, 0.15) is 12.1 Å². The fourth-order valence-electron chi connectivity index (χ4n) is 1.42. The van der Waals surface area contributed by atoms with Gasteiger partial charge in [-0.1, -0.05) is 13.8 Å². The minimum Gasteiger partial charge on any atom is -0.480 e. The first-order valence-corrected chi connectivity index (χ1v) is 6.17. The predicted octanol–water partition coefficient (Wildman–Crippen LogP) is -0.500. The van der Waals surface area contributed by atoms with Crippen molar-refractivity contribution in [2.75, 3.05) is 14.2 Å². The van der Waals surface area contributed by atoms with Gasteiger partial charge >= 0.3 is 23.9 Å². The van der Waals surface area contributed by atoms with Gasteiger partial charge in [-0.05, 0) is 5.92 Å². The molecule has 0 aliphatic heterocycles. The molecule has 9 heteroatoms. The van der Waals surface area contributed by atoms with Crippen LogP contribution in [-0.4, -0.2) is 55.3 Å². The second kappa shape index (κ2) is 8.77. The topological polar surface area (TPSA) is 131 Å². The first-order chi connectivity index (χ1) is 9.72. The number of carboxylic acid groups (broad SMARTS) is 1. The predicted molar refractivity (Wildman–Crippen MR) is 70.4 cm³/mol. The van der Waals surface area contributed by atoms with Gasteiger partial charge in [0.25, 0.3) is 0 Å². The van der Waals surface area contributed by atoms with Gasteiger partial charge in [0.15, 0.2) is 0 Å². The first kappa shape index (κ1) is 18.7. The molecule has 0 aromatic rings. The number of aliphatic carboxylic acids is 1. The van der Waals surface area contributed by atoms with Gasteiger partial charge in [-0.3, -0.25) is 4.79 Å². The maximum absolute atomic E-state index is 11.7. The number of carbonyl (C=O) groups is 4. The zero-order valence-electron chi connectivity index (χ0n) is 12.3. The lowest BCUT2D eigenvalue weighted by Gasteiger charge is -2.21. The molecule has 0 bridgehead atoms. The number of methoxy groups -OCH3 is 2. The normalized spacial score (nSPS) is 13.0. The highest BCUT2D eigenvalue weighted by atomic mass is 16.5. The Morgan fingerprint density at radius 3 is 2.00 bits per heavy atom. The molecular weight excluding hydrogens is 284 g/mol. The maximum Gasteiger partial charge on any atom is 0.328 e. The van der Waals surface area contributed by atoms with Crippen LogP contribution in [0.3, 0.4) is 0 Å². The Morgan fingerprint density at radius 1 is 1.05 bits per heavy atom. The summed E-state index contributed by atoms with van der Waals surface area (Å²) in [6.07, 6.45) is -0.524. The molecule has 1 unspecified atom stereocenters. The van der Waals surface area contributed by atoms with E-state index in [0.717, 1.165) is 7.11 Å². The molecule has 9 nitrogen and oxygen atoms in total. The molecule has 0 fully saturated rings. The van der Waals surface area contributed by atoms with E-state index in [1.807, 2.05) is 0 Å². The quantitative estimate of drug-likeness (QED) is 0.540. The Morgan fingerprint density at radius 2 is 1.62 bits per heavy atom. The van der Waals surface area contributed by atoms with E-state index in [1.54, 1.807) is 13.8 Å². The number of rotatable bonds is 7. The molecule has 0 aliphatic carbocycles. The number of nitrogens with one attached hydrogen (secondary N) is 2. The van der Waals surface area contributed by atoms with E-state index in [0.29, 0.717) is 0 Å². The van der Waals surface area contributed by atoms with Crippen molar-refractivity contribution in [1.82, 2.24) is 10.6 Å². The Labute approximate surface area is 122 Å². The lowest BCUT2D eigenvalue weighted by Crippen LogP contribution is -2.53. The maximum atomic E-state index is 11.7. The molecule has 0 aromatic carbocycles. The number of ether oxygens (including phenoxy) is 2. The van der Waals surface area contributed by atoms with Gasteiger partial charge in [0, 0.05) is 0 Å². The molecule has 0 rings (SSSR count). The summed E-state index contributed by atoms with van der Waals surface area (Å²) in [5.74, 6) is -3.09. The summed E-state index contributed by atoms with van der Waals surface area (Å²) in [6.45, 7) is 3.37. The number of esters is 2. The average molecular weight is 304 g/mol. The lowest BCUT2D eigenvalue weighted by atomic mass is 10.1. The van der Waals surface area contributed by atoms with Crippen LogP contribution in [0.15, 0.2) is 0 Å². The van der Waals surface area contributed by atoms with E-state index < -0.39 is 42.4 Å². The van der Waals surface area contributed by atoms with Crippen LogP contribution in [0.4, 0.5) is 4.79 Å². The zero-order valence-corrected chi connectivity index (χ0v) is 12.3. The number of urea groups is 1. The molecule has 0 aliphatic rings. The summed E-state index contributed by atoms with van der Waals surface area (Å²) >= 11 is 0. The summed E-state index contributed by atoms with van der Waals surface area (Å²) in [5.41, 5.74) is 0. The second-order valence-corrected chi connectivity index (χ2v) is 4.53. The fraction of sp³-hybridized carbons (Fsp3) is 0.667. The Balaban J connectivity index is 4.72. The molecule has 21 heavy (non-hydrogen) atoms. The number of hydrogen-bond acceptors (Lipinski definition) is 6. The number of carboxylic acids is 1. The van der Waals surface area contributed by atoms with Crippen molar-refractivity contribution in [3.05, 3.63) is 0 Å². The minimum atomic E-state index is -1.46. The summed E-state index contributed by atoms with van der Waals surface area (Å²) in [6, 6.07) is -3.28. The third-order valence-electron chi connectivity index (χ3n) is 2.61. The molecule has 0 radical (unpaired) electrons. The van der Waals surface area contributed by atoms with Crippen molar-refractivity contribution < 1.29 is 33.8 Å². The van der Waals surface area contributed by atoms with Crippen molar-refractivity contribution in [3.63, 3.8) is 0 Å². The van der Waals surface area contributed by atoms with Crippen molar-refractivity contribution in [3.8, 4) is 0 Å². The van der Waals surface area contributed by atoms with Crippen LogP contribution in [0.2, 0.25) is 0 Å². The molecule has 0 heterocycles. The molecule has 0 saturated carbocycles. The average Bonchev–Trinajstić information content (AvgIpc) is 2.42. The van der Waals surface area contributed by atoms with Crippen molar-refractivity contribution in [2.24, 2.45) is 5.92 Å². The second-order valence-electron chi connectivity index (χ2n) is 4.53. The largest absolute Gasteiger partial charge is 0.480 e. The highest BCUT2D eigenvalue weighted by Crippen LogP contribution is 2.04. The van der Waals surface area contributed by atoms with Crippen LogP contribution in [0.25, 0.3) is 0 Å². The van der Waals surface area contributed by atoms with E-state index in [4.69, 9.17) is 5.11 Å². The van der Waals surface area contributed by atoms with Crippen LogP contribution >= 0.6 is 0 Å². The standard InChI is InChI=1S/C12H20N2O7/c1-6(2)9(11(18)21-4)14-12(19)13-7(10(16)17)5-8(15)20-3/h6-7,9H,5H2,1-4H3,(H,16,17)(H2,13,14,19)/t7-,9?/m0/s1. The van der Waals surface area contributed by atoms with Crippen LogP contribution in [-0.2, 0) is 23.9 Å². The van der Waals surface area contributed by atoms with E-state index in [1.165, 1.54) is 7.11 Å². The third-order valence-corrected chi connectivity index (χ3v) is 2.61. The monoisotopic (exact) mass is 304 g/mol. The molecule has 2 amide bonds. The van der Waals surface area contributed by atoms with Crippen molar-refractivity contribution in [1.29, 1.82) is 0 Å². The molecule has 0 aromatic heterocycles. The van der Waals surface area contributed by atoms with E-state index in [2.05, 4.69) is 20.1 Å². The highest BCUT2D eigenvalue weighted by Gasteiger charge is 2.28. The van der Waals surface area contributed by atoms with E-state index >= 15 is 0 Å². The number of carbonyl (C=O) groups excluding carboxylic acids is 3. The summed E-state index contributed by atoms with van der Waals surface area (Å²) in [4.78, 5) is 45.2. The molecule has 120 valence electrons. The Hall–Kier alpha value is -2.32. The highest BCUT2D eigenvalue weighted by molar-refractivity contribution is 5.88. The molecule has 0 spiro atoms. The number of amides is 2. The van der Waals surface area contributed by atoms with Gasteiger partial charge in [-0.15, -0.1) is 0 Å².